The molecule has 0 saturated heterocycles. The van der Waals surface area contributed by atoms with Crippen LogP contribution in [0.25, 0.3) is 0 Å². The number of nitrogens with one attached hydrogen (secondary N) is 2. The molecule has 0 spiro atoms. The molecule has 1 amide bonds. The van der Waals surface area contributed by atoms with Crippen LogP contribution >= 0.6 is 0 Å². The second-order valence-corrected chi connectivity index (χ2v) is 6.34. The molecule has 0 bridgehead atoms. The number of nitrogens with zero attached hydrogens (tertiary/aromatic N) is 1. The Kier molecular flexibility index (Phi) is 6.72. The summed E-state index contributed by atoms with van der Waals surface area (Å²) < 4.78 is 0. The minimum absolute atomic E-state index is 0.00589. The molecule has 1 aromatic rings. The van der Waals surface area contributed by atoms with Crippen LogP contribution in [0.15, 0.2) is 24.3 Å². The van der Waals surface area contributed by atoms with E-state index in [-0.39, 0.29) is 5.91 Å². The highest BCUT2D eigenvalue weighted by Crippen LogP contribution is 2.17. The van der Waals surface area contributed by atoms with Crippen molar-refractivity contribution in [2.75, 3.05) is 32.1 Å². The Labute approximate surface area is 134 Å². The van der Waals surface area contributed by atoms with Gasteiger partial charge in [0.25, 0.3) is 5.91 Å². The molecule has 2 N–H and O–H groups in total. The fraction of sp³-hybridized carbons (Fsp3) is 0.611. The third-order valence-corrected chi connectivity index (χ3v) is 4.32. The van der Waals surface area contributed by atoms with E-state index in [1.807, 2.05) is 43.3 Å². The summed E-state index contributed by atoms with van der Waals surface area (Å²) in [5.74, 6) is 0.00589. The van der Waals surface area contributed by atoms with Crippen LogP contribution in [0.3, 0.4) is 0 Å². The second kappa shape index (κ2) is 8.79. The van der Waals surface area contributed by atoms with Gasteiger partial charge >= 0.3 is 0 Å². The minimum atomic E-state index is 0.00589. The summed E-state index contributed by atoms with van der Waals surface area (Å²) in [6.07, 6.45) is 7.97. The fourth-order valence-corrected chi connectivity index (χ4v) is 2.96. The van der Waals surface area contributed by atoms with E-state index in [9.17, 15) is 4.79 Å². The zero-order valence-electron chi connectivity index (χ0n) is 13.9. The number of carbonyl (C=O) groups excluding carboxylic acids is 1. The lowest BCUT2D eigenvalue weighted by atomic mass is 10.1. The third kappa shape index (κ3) is 5.34. The second-order valence-electron chi connectivity index (χ2n) is 6.34. The lowest BCUT2D eigenvalue weighted by Gasteiger charge is -2.16. The molecule has 0 aliphatic heterocycles. The molecule has 0 radical (unpaired) electrons. The average molecular weight is 303 g/mol. The molecule has 22 heavy (non-hydrogen) atoms. The standard InChI is InChI=1S/C18H29N3O/c1-21(2)17-11-7-8-15(14-17)18(22)20-13-12-19-16-9-5-3-4-6-10-16/h7-8,11,14,16,19H,3-6,9-10,12-13H2,1-2H3,(H,20,22). The van der Waals surface area contributed by atoms with E-state index in [1.54, 1.807) is 0 Å². The first-order chi connectivity index (χ1) is 10.7. The first kappa shape index (κ1) is 16.8. The average Bonchev–Trinajstić information content (AvgIpc) is 2.80. The van der Waals surface area contributed by atoms with Crippen LogP contribution in [0.5, 0.6) is 0 Å². The van der Waals surface area contributed by atoms with Crippen molar-refractivity contribution in [2.24, 2.45) is 0 Å². The van der Waals surface area contributed by atoms with Crippen molar-refractivity contribution >= 4 is 11.6 Å². The Hall–Kier alpha value is -1.55. The van der Waals surface area contributed by atoms with Gasteiger partial charge in [-0.05, 0) is 31.0 Å². The molecular formula is C18H29N3O. The molecule has 1 aliphatic rings. The Bertz CT molecular complexity index is 465. The predicted octanol–water partition coefficient (Wildman–Crippen LogP) is 2.79. The van der Waals surface area contributed by atoms with E-state index >= 15 is 0 Å². The maximum absolute atomic E-state index is 12.2. The van der Waals surface area contributed by atoms with Gasteiger partial charge in [0, 0.05) is 44.5 Å². The highest BCUT2D eigenvalue weighted by atomic mass is 16.1. The largest absolute Gasteiger partial charge is 0.378 e. The summed E-state index contributed by atoms with van der Waals surface area (Å²) in [7, 11) is 3.96. The summed E-state index contributed by atoms with van der Waals surface area (Å²) in [5, 5.41) is 6.58. The molecule has 122 valence electrons. The van der Waals surface area contributed by atoms with Crippen LogP contribution in [0.2, 0.25) is 0 Å². The number of amides is 1. The highest BCUT2D eigenvalue weighted by Gasteiger charge is 2.11. The van der Waals surface area contributed by atoms with Gasteiger partial charge in [-0.25, -0.2) is 0 Å². The van der Waals surface area contributed by atoms with E-state index in [2.05, 4.69) is 10.6 Å². The molecular weight excluding hydrogens is 274 g/mol. The predicted molar refractivity (Wildman–Crippen MR) is 92.6 cm³/mol. The van der Waals surface area contributed by atoms with Gasteiger partial charge in [-0.2, -0.15) is 0 Å². The molecule has 4 heteroatoms. The topological polar surface area (TPSA) is 44.4 Å². The Morgan fingerprint density at radius 2 is 1.86 bits per heavy atom. The molecule has 0 atom stereocenters. The van der Waals surface area contributed by atoms with E-state index < -0.39 is 0 Å². The van der Waals surface area contributed by atoms with Crippen molar-refractivity contribution in [3.63, 3.8) is 0 Å². The molecule has 1 aromatic carbocycles. The lowest BCUT2D eigenvalue weighted by Crippen LogP contribution is -2.36. The van der Waals surface area contributed by atoms with Crippen LogP contribution in [0.4, 0.5) is 5.69 Å². The molecule has 4 nitrogen and oxygen atoms in total. The SMILES string of the molecule is CN(C)c1cccc(C(=O)NCCNC2CCCCCC2)c1. The van der Waals surface area contributed by atoms with Gasteiger partial charge < -0.3 is 15.5 Å². The molecule has 0 heterocycles. The summed E-state index contributed by atoms with van der Waals surface area (Å²) >= 11 is 0. The van der Waals surface area contributed by atoms with Crippen molar-refractivity contribution in [3.05, 3.63) is 29.8 Å². The summed E-state index contributed by atoms with van der Waals surface area (Å²) in [6, 6.07) is 8.35. The van der Waals surface area contributed by atoms with Gasteiger partial charge in [0.2, 0.25) is 0 Å². The maximum Gasteiger partial charge on any atom is 0.251 e. The van der Waals surface area contributed by atoms with Crippen LogP contribution in [0, 0.1) is 0 Å². The van der Waals surface area contributed by atoms with Gasteiger partial charge in [-0.15, -0.1) is 0 Å². The van der Waals surface area contributed by atoms with Gasteiger partial charge in [0.1, 0.15) is 0 Å². The molecule has 1 fully saturated rings. The van der Waals surface area contributed by atoms with Crippen molar-refractivity contribution < 1.29 is 4.79 Å². The number of hydrogen-bond donors (Lipinski definition) is 2. The van der Waals surface area contributed by atoms with Gasteiger partial charge in [-0.3, -0.25) is 4.79 Å². The Balaban J connectivity index is 1.72. The first-order valence-electron chi connectivity index (χ1n) is 8.46. The fourth-order valence-electron chi connectivity index (χ4n) is 2.96. The minimum Gasteiger partial charge on any atom is -0.378 e. The monoisotopic (exact) mass is 303 g/mol. The van der Waals surface area contributed by atoms with Crippen LogP contribution in [0.1, 0.15) is 48.9 Å². The van der Waals surface area contributed by atoms with Gasteiger partial charge in [0.05, 0.1) is 0 Å². The molecule has 0 unspecified atom stereocenters. The van der Waals surface area contributed by atoms with Crippen molar-refractivity contribution in [1.82, 2.24) is 10.6 Å². The summed E-state index contributed by atoms with van der Waals surface area (Å²) in [4.78, 5) is 14.2. The van der Waals surface area contributed by atoms with E-state index in [4.69, 9.17) is 0 Å². The van der Waals surface area contributed by atoms with Crippen LogP contribution < -0.4 is 15.5 Å². The van der Waals surface area contributed by atoms with Crippen molar-refractivity contribution in [2.45, 2.75) is 44.6 Å². The van der Waals surface area contributed by atoms with Crippen LogP contribution in [-0.4, -0.2) is 39.1 Å². The number of anilines is 1. The quantitative estimate of drug-likeness (QED) is 0.627. The zero-order chi connectivity index (χ0) is 15.8. The van der Waals surface area contributed by atoms with Gasteiger partial charge in [0.15, 0.2) is 0 Å². The number of hydrogen-bond acceptors (Lipinski definition) is 3. The first-order valence-corrected chi connectivity index (χ1v) is 8.46. The maximum atomic E-state index is 12.2. The van der Waals surface area contributed by atoms with Gasteiger partial charge in [-0.1, -0.05) is 31.7 Å². The smallest absolute Gasteiger partial charge is 0.251 e. The lowest BCUT2D eigenvalue weighted by molar-refractivity contribution is 0.0953. The zero-order valence-corrected chi connectivity index (χ0v) is 13.9. The highest BCUT2D eigenvalue weighted by molar-refractivity contribution is 5.95. The summed E-state index contributed by atoms with van der Waals surface area (Å²) in [5.41, 5.74) is 1.77. The Morgan fingerprint density at radius 3 is 2.55 bits per heavy atom. The molecule has 1 saturated carbocycles. The Morgan fingerprint density at radius 1 is 1.14 bits per heavy atom. The molecule has 1 aliphatic carbocycles. The molecule has 2 rings (SSSR count). The van der Waals surface area contributed by atoms with Crippen molar-refractivity contribution in [1.29, 1.82) is 0 Å². The van der Waals surface area contributed by atoms with E-state index in [0.29, 0.717) is 12.6 Å². The van der Waals surface area contributed by atoms with Crippen molar-refractivity contribution in [3.8, 4) is 0 Å². The van der Waals surface area contributed by atoms with E-state index in [0.717, 1.165) is 17.8 Å². The number of carbonyl (C=O) groups is 1. The van der Waals surface area contributed by atoms with Crippen LogP contribution in [-0.2, 0) is 0 Å². The number of benzene rings is 1. The van der Waals surface area contributed by atoms with E-state index in [1.165, 1.54) is 38.5 Å². The summed E-state index contributed by atoms with van der Waals surface area (Å²) in [6.45, 7) is 1.53. The normalized spacial score (nSPS) is 16.1. The third-order valence-electron chi connectivity index (χ3n) is 4.32. The number of rotatable bonds is 6. The molecule has 0 aromatic heterocycles.